The Labute approximate surface area is 137 Å². The molecule has 0 radical (unpaired) electrons. The zero-order chi connectivity index (χ0) is 15.0. The molecule has 3 rings (SSSR count). The summed E-state index contributed by atoms with van der Waals surface area (Å²) in [4.78, 5) is 0.367. The van der Waals surface area contributed by atoms with Gasteiger partial charge >= 0.3 is 0 Å². The third-order valence-corrected chi connectivity index (χ3v) is 6.15. The highest BCUT2D eigenvalue weighted by Gasteiger charge is 2.33. The van der Waals surface area contributed by atoms with Crippen LogP contribution in [0.2, 0.25) is 0 Å². The van der Waals surface area contributed by atoms with Gasteiger partial charge in [-0.1, -0.05) is 30.3 Å². The van der Waals surface area contributed by atoms with Gasteiger partial charge in [0.1, 0.15) is 0 Å². The highest BCUT2D eigenvalue weighted by Crippen LogP contribution is 2.27. The van der Waals surface area contributed by atoms with Crippen molar-refractivity contribution in [2.24, 2.45) is 11.7 Å². The molecule has 1 saturated heterocycles. The number of hydrogen-bond donors (Lipinski definition) is 1. The first kappa shape index (κ1) is 17.2. The van der Waals surface area contributed by atoms with Crippen molar-refractivity contribution in [1.29, 1.82) is 0 Å². The Morgan fingerprint density at radius 3 is 2.50 bits per heavy atom. The smallest absolute Gasteiger partial charge is 0.243 e. The Morgan fingerprint density at radius 1 is 1.18 bits per heavy atom. The van der Waals surface area contributed by atoms with Crippen LogP contribution < -0.4 is 5.73 Å². The van der Waals surface area contributed by atoms with Crippen LogP contribution in [0.4, 0.5) is 0 Å². The monoisotopic (exact) mass is 340 g/mol. The molecule has 4 nitrogen and oxygen atoms in total. The molecule has 2 unspecified atom stereocenters. The minimum absolute atomic E-state index is 0. The van der Waals surface area contributed by atoms with Gasteiger partial charge in [0.2, 0.25) is 10.0 Å². The van der Waals surface area contributed by atoms with Gasteiger partial charge in [0.05, 0.1) is 4.90 Å². The standard InChI is InChI=1S/C16H20N2O2S.ClH/c1-12(17)15-8-9-18(11-15)21(19,20)16-7-6-13-4-2-3-5-14(13)10-16;/h2-7,10,12,15H,8-9,11,17H2,1H3;1H. The van der Waals surface area contributed by atoms with E-state index in [1.54, 1.807) is 16.4 Å². The molecule has 2 N–H and O–H groups in total. The third-order valence-electron chi connectivity index (χ3n) is 4.29. The van der Waals surface area contributed by atoms with Gasteiger partial charge in [-0.3, -0.25) is 0 Å². The second-order valence-corrected chi connectivity index (χ2v) is 7.72. The summed E-state index contributed by atoms with van der Waals surface area (Å²) in [6.45, 7) is 3.02. The minimum atomic E-state index is -3.42. The molecule has 1 aliphatic heterocycles. The molecule has 0 aromatic heterocycles. The molecule has 0 saturated carbocycles. The largest absolute Gasteiger partial charge is 0.328 e. The van der Waals surface area contributed by atoms with E-state index in [4.69, 9.17) is 5.73 Å². The summed E-state index contributed by atoms with van der Waals surface area (Å²) < 4.78 is 27.0. The van der Waals surface area contributed by atoms with Crippen LogP contribution in [0.15, 0.2) is 47.4 Å². The average Bonchev–Trinajstić information content (AvgIpc) is 2.97. The Bertz CT molecular complexity index is 762. The van der Waals surface area contributed by atoms with E-state index in [2.05, 4.69) is 0 Å². The molecule has 2 aromatic carbocycles. The number of nitrogens with zero attached hydrogens (tertiary/aromatic N) is 1. The predicted octanol–water partition coefficient (Wildman–Crippen LogP) is 2.62. The number of rotatable bonds is 3. The summed E-state index contributed by atoms with van der Waals surface area (Å²) in [6, 6.07) is 13.1. The van der Waals surface area contributed by atoms with Gasteiger partial charge in [-0.25, -0.2) is 8.42 Å². The van der Waals surface area contributed by atoms with E-state index >= 15 is 0 Å². The van der Waals surface area contributed by atoms with E-state index in [9.17, 15) is 8.42 Å². The Morgan fingerprint density at radius 2 is 1.86 bits per heavy atom. The first-order valence-corrected chi connectivity index (χ1v) is 8.67. The molecule has 2 aromatic rings. The molecule has 2 atom stereocenters. The quantitative estimate of drug-likeness (QED) is 0.934. The maximum atomic E-state index is 12.7. The summed E-state index contributed by atoms with van der Waals surface area (Å²) in [6.07, 6.45) is 0.838. The van der Waals surface area contributed by atoms with Crippen LogP contribution in [0, 0.1) is 5.92 Å². The van der Waals surface area contributed by atoms with Gasteiger partial charge in [-0.05, 0) is 42.2 Å². The number of benzene rings is 2. The minimum Gasteiger partial charge on any atom is -0.328 e. The van der Waals surface area contributed by atoms with Gasteiger partial charge in [0, 0.05) is 19.1 Å². The highest BCUT2D eigenvalue weighted by atomic mass is 35.5. The Kier molecular flexibility index (Phi) is 5.12. The normalized spacial score (nSPS) is 20.7. The number of hydrogen-bond acceptors (Lipinski definition) is 3. The van der Waals surface area contributed by atoms with E-state index in [0.717, 1.165) is 17.2 Å². The zero-order valence-corrected chi connectivity index (χ0v) is 14.1. The van der Waals surface area contributed by atoms with Crippen molar-refractivity contribution in [1.82, 2.24) is 4.31 Å². The lowest BCUT2D eigenvalue weighted by atomic mass is 10.0. The lowest BCUT2D eigenvalue weighted by molar-refractivity contribution is 0.429. The van der Waals surface area contributed by atoms with Crippen LogP contribution in [0.25, 0.3) is 10.8 Å². The lowest BCUT2D eigenvalue weighted by Crippen LogP contribution is -2.33. The predicted molar refractivity (Wildman–Crippen MR) is 91.7 cm³/mol. The molecule has 22 heavy (non-hydrogen) atoms. The van der Waals surface area contributed by atoms with Crippen LogP contribution in [0.3, 0.4) is 0 Å². The van der Waals surface area contributed by atoms with Crippen molar-refractivity contribution in [2.75, 3.05) is 13.1 Å². The number of nitrogens with two attached hydrogens (primary N) is 1. The SMILES string of the molecule is CC(N)C1CCN(S(=O)(=O)c2ccc3ccccc3c2)C1.Cl. The molecule has 0 spiro atoms. The van der Waals surface area contributed by atoms with Crippen LogP contribution in [0.1, 0.15) is 13.3 Å². The summed E-state index contributed by atoms with van der Waals surface area (Å²) in [5.74, 6) is 0.250. The van der Waals surface area contributed by atoms with Crippen LogP contribution in [-0.2, 0) is 10.0 Å². The van der Waals surface area contributed by atoms with Gasteiger partial charge < -0.3 is 5.73 Å². The fourth-order valence-electron chi connectivity index (χ4n) is 2.88. The molecule has 6 heteroatoms. The summed E-state index contributed by atoms with van der Waals surface area (Å²) >= 11 is 0. The fraction of sp³-hybridized carbons (Fsp3) is 0.375. The maximum absolute atomic E-state index is 12.7. The van der Waals surface area contributed by atoms with Crippen molar-refractivity contribution < 1.29 is 8.42 Å². The topological polar surface area (TPSA) is 63.4 Å². The number of sulfonamides is 1. The molecule has 0 amide bonds. The second-order valence-electron chi connectivity index (χ2n) is 5.78. The first-order valence-electron chi connectivity index (χ1n) is 7.23. The molecular formula is C16H21ClN2O2S. The summed E-state index contributed by atoms with van der Waals surface area (Å²) in [5.41, 5.74) is 5.89. The molecule has 1 aliphatic rings. The van der Waals surface area contributed by atoms with E-state index in [1.165, 1.54) is 0 Å². The number of halogens is 1. The van der Waals surface area contributed by atoms with Crippen molar-refractivity contribution in [3.8, 4) is 0 Å². The third kappa shape index (κ3) is 3.13. The van der Waals surface area contributed by atoms with Gasteiger partial charge in [-0.2, -0.15) is 4.31 Å². The summed E-state index contributed by atoms with van der Waals surface area (Å²) in [7, 11) is -3.42. The zero-order valence-electron chi connectivity index (χ0n) is 12.5. The molecular weight excluding hydrogens is 320 g/mol. The summed E-state index contributed by atoms with van der Waals surface area (Å²) in [5, 5.41) is 1.99. The number of fused-ring (bicyclic) bond motifs is 1. The molecule has 1 heterocycles. The van der Waals surface area contributed by atoms with Gasteiger partial charge in [-0.15, -0.1) is 12.4 Å². The average molecular weight is 341 g/mol. The highest BCUT2D eigenvalue weighted by molar-refractivity contribution is 7.89. The van der Waals surface area contributed by atoms with E-state index in [1.807, 2.05) is 37.3 Å². The molecule has 0 aliphatic carbocycles. The van der Waals surface area contributed by atoms with Crippen molar-refractivity contribution >= 4 is 33.2 Å². The first-order chi connectivity index (χ1) is 9.98. The molecule has 0 bridgehead atoms. The van der Waals surface area contributed by atoms with Crippen LogP contribution in [-0.4, -0.2) is 31.9 Å². The Hall–Kier alpha value is -1.14. The second kappa shape index (κ2) is 6.54. The maximum Gasteiger partial charge on any atom is 0.243 e. The van der Waals surface area contributed by atoms with Crippen LogP contribution >= 0.6 is 12.4 Å². The molecule has 120 valence electrons. The van der Waals surface area contributed by atoms with E-state index in [0.29, 0.717) is 18.0 Å². The van der Waals surface area contributed by atoms with E-state index in [-0.39, 0.29) is 24.4 Å². The fourth-order valence-corrected chi connectivity index (χ4v) is 4.43. The van der Waals surface area contributed by atoms with Gasteiger partial charge in [0.25, 0.3) is 0 Å². The van der Waals surface area contributed by atoms with Crippen LogP contribution in [0.5, 0.6) is 0 Å². The van der Waals surface area contributed by atoms with Crippen molar-refractivity contribution in [2.45, 2.75) is 24.3 Å². The van der Waals surface area contributed by atoms with Crippen molar-refractivity contribution in [3.05, 3.63) is 42.5 Å². The van der Waals surface area contributed by atoms with Gasteiger partial charge in [0.15, 0.2) is 0 Å². The van der Waals surface area contributed by atoms with E-state index < -0.39 is 10.0 Å². The van der Waals surface area contributed by atoms with Crippen molar-refractivity contribution in [3.63, 3.8) is 0 Å². The lowest BCUT2D eigenvalue weighted by Gasteiger charge is -2.18. The molecule has 1 fully saturated rings. The Balaban J connectivity index is 0.00000176.